The second-order valence-electron chi connectivity index (χ2n) is 2.02. The SMILES string of the molecule is C#Cc1c[nH]c(=O)n(C)c1=O. The van der Waals surface area contributed by atoms with Crippen LogP contribution >= 0.6 is 0 Å². The van der Waals surface area contributed by atoms with Crippen LogP contribution in [0.25, 0.3) is 0 Å². The Morgan fingerprint density at radius 2 is 2.27 bits per heavy atom. The molecular formula is C7H6N2O2. The van der Waals surface area contributed by atoms with Crippen LogP contribution in [0.1, 0.15) is 5.56 Å². The molecule has 1 aromatic heterocycles. The number of aromatic amines is 1. The average Bonchev–Trinajstić information content (AvgIpc) is 2.01. The summed E-state index contributed by atoms with van der Waals surface area (Å²) in [7, 11) is 1.36. The molecule has 0 radical (unpaired) electrons. The Bertz CT molecular complexity index is 419. The van der Waals surface area contributed by atoms with E-state index in [0.29, 0.717) is 0 Å². The number of rotatable bonds is 0. The van der Waals surface area contributed by atoms with Crippen LogP contribution in [0.4, 0.5) is 0 Å². The molecule has 0 aromatic carbocycles. The van der Waals surface area contributed by atoms with Gasteiger partial charge in [-0.2, -0.15) is 0 Å². The lowest BCUT2D eigenvalue weighted by Gasteiger charge is -1.93. The van der Waals surface area contributed by atoms with Crippen LogP contribution < -0.4 is 11.2 Å². The summed E-state index contributed by atoms with van der Waals surface area (Å²) in [5.74, 6) is 2.16. The van der Waals surface area contributed by atoms with Gasteiger partial charge in [0.15, 0.2) is 0 Å². The first kappa shape index (κ1) is 7.35. The molecule has 0 bridgehead atoms. The Kier molecular flexibility index (Phi) is 1.65. The van der Waals surface area contributed by atoms with Crippen molar-refractivity contribution in [3.05, 3.63) is 32.6 Å². The van der Waals surface area contributed by atoms with Gasteiger partial charge < -0.3 is 4.98 Å². The van der Waals surface area contributed by atoms with Crippen molar-refractivity contribution >= 4 is 0 Å². The summed E-state index contributed by atoms with van der Waals surface area (Å²) >= 11 is 0. The Morgan fingerprint density at radius 3 is 2.82 bits per heavy atom. The number of nitrogens with zero attached hydrogens (tertiary/aromatic N) is 1. The molecule has 11 heavy (non-hydrogen) atoms. The van der Waals surface area contributed by atoms with Gasteiger partial charge in [0.25, 0.3) is 5.56 Å². The molecule has 0 saturated heterocycles. The zero-order valence-corrected chi connectivity index (χ0v) is 5.92. The smallest absolute Gasteiger partial charge is 0.313 e. The number of H-pyrrole nitrogens is 1. The van der Waals surface area contributed by atoms with Gasteiger partial charge in [-0.25, -0.2) is 4.79 Å². The molecule has 4 nitrogen and oxygen atoms in total. The highest BCUT2D eigenvalue weighted by Gasteiger charge is 1.98. The highest BCUT2D eigenvalue weighted by molar-refractivity contribution is 5.25. The van der Waals surface area contributed by atoms with Crippen LogP contribution in [0.15, 0.2) is 15.8 Å². The van der Waals surface area contributed by atoms with Gasteiger partial charge in [-0.1, -0.05) is 5.92 Å². The molecule has 0 unspecified atom stereocenters. The Labute approximate surface area is 62.5 Å². The summed E-state index contributed by atoms with van der Waals surface area (Å²) in [4.78, 5) is 24.1. The van der Waals surface area contributed by atoms with Gasteiger partial charge >= 0.3 is 5.69 Å². The Morgan fingerprint density at radius 1 is 1.64 bits per heavy atom. The Balaban J connectivity index is 3.67. The van der Waals surface area contributed by atoms with Gasteiger partial charge in [0.05, 0.1) is 0 Å². The van der Waals surface area contributed by atoms with Crippen molar-refractivity contribution in [1.82, 2.24) is 9.55 Å². The van der Waals surface area contributed by atoms with E-state index in [9.17, 15) is 9.59 Å². The molecule has 0 fully saturated rings. The van der Waals surface area contributed by atoms with Crippen molar-refractivity contribution in [1.29, 1.82) is 0 Å². The summed E-state index contributed by atoms with van der Waals surface area (Å²) in [6.07, 6.45) is 6.21. The molecule has 4 heteroatoms. The molecule has 1 aromatic rings. The van der Waals surface area contributed by atoms with Crippen molar-refractivity contribution in [2.24, 2.45) is 7.05 Å². The molecule has 1 rings (SSSR count). The quantitative estimate of drug-likeness (QED) is 0.485. The van der Waals surface area contributed by atoms with E-state index in [4.69, 9.17) is 6.42 Å². The van der Waals surface area contributed by atoms with Crippen LogP contribution in [0.3, 0.4) is 0 Å². The number of terminal acetylenes is 1. The van der Waals surface area contributed by atoms with E-state index >= 15 is 0 Å². The van der Waals surface area contributed by atoms with Crippen LogP contribution in [-0.4, -0.2) is 9.55 Å². The van der Waals surface area contributed by atoms with Gasteiger partial charge in [0.1, 0.15) is 5.56 Å². The van der Waals surface area contributed by atoms with Gasteiger partial charge in [-0.15, -0.1) is 6.42 Å². The zero-order valence-electron chi connectivity index (χ0n) is 5.92. The summed E-state index contributed by atoms with van der Waals surface area (Å²) in [5.41, 5.74) is -0.752. The van der Waals surface area contributed by atoms with Crippen molar-refractivity contribution in [3.8, 4) is 12.3 Å². The molecule has 0 aliphatic rings. The van der Waals surface area contributed by atoms with Crippen LogP contribution in [0, 0.1) is 12.3 Å². The zero-order chi connectivity index (χ0) is 8.43. The minimum atomic E-state index is -0.464. The third-order valence-corrected chi connectivity index (χ3v) is 1.34. The summed E-state index contributed by atoms with van der Waals surface area (Å²) in [5, 5.41) is 0. The summed E-state index contributed by atoms with van der Waals surface area (Å²) in [6, 6.07) is 0. The lowest BCUT2D eigenvalue weighted by Crippen LogP contribution is -2.33. The second kappa shape index (κ2) is 2.46. The monoisotopic (exact) mass is 150 g/mol. The molecule has 0 atom stereocenters. The van der Waals surface area contributed by atoms with E-state index < -0.39 is 11.2 Å². The number of aromatic nitrogens is 2. The maximum absolute atomic E-state index is 11.0. The van der Waals surface area contributed by atoms with Crippen LogP contribution in [-0.2, 0) is 7.05 Å². The minimum Gasteiger partial charge on any atom is -0.313 e. The van der Waals surface area contributed by atoms with Gasteiger partial charge in [0, 0.05) is 13.2 Å². The number of hydrogen-bond acceptors (Lipinski definition) is 2. The largest absolute Gasteiger partial charge is 0.328 e. The van der Waals surface area contributed by atoms with E-state index in [1.807, 2.05) is 0 Å². The molecule has 0 aliphatic carbocycles. The van der Waals surface area contributed by atoms with Crippen molar-refractivity contribution < 1.29 is 0 Å². The molecule has 1 heterocycles. The van der Waals surface area contributed by atoms with E-state index in [2.05, 4.69) is 10.9 Å². The first-order valence-electron chi connectivity index (χ1n) is 2.92. The van der Waals surface area contributed by atoms with Gasteiger partial charge in [-0.3, -0.25) is 9.36 Å². The Hall–Kier alpha value is -1.76. The fraction of sp³-hybridized carbons (Fsp3) is 0.143. The van der Waals surface area contributed by atoms with E-state index in [1.54, 1.807) is 0 Å². The van der Waals surface area contributed by atoms with Gasteiger partial charge in [-0.05, 0) is 0 Å². The highest BCUT2D eigenvalue weighted by Crippen LogP contribution is 1.77. The summed E-state index contributed by atoms with van der Waals surface area (Å²) in [6.45, 7) is 0. The minimum absolute atomic E-state index is 0.159. The average molecular weight is 150 g/mol. The molecule has 1 N–H and O–H groups in total. The van der Waals surface area contributed by atoms with E-state index in [0.717, 1.165) is 4.57 Å². The van der Waals surface area contributed by atoms with Crippen molar-refractivity contribution in [2.45, 2.75) is 0 Å². The molecule has 0 spiro atoms. The molecule has 0 saturated carbocycles. The van der Waals surface area contributed by atoms with Crippen LogP contribution in [0.5, 0.6) is 0 Å². The van der Waals surface area contributed by atoms with E-state index in [-0.39, 0.29) is 5.56 Å². The number of hydrogen-bond donors (Lipinski definition) is 1. The van der Waals surface area contributed by atoms with Crippen LogP contribution in [0.2, 0.25) is 0 Å². The van der Waals surface area contributed by atoms with E-state index in [1.165, 1.54) is 13.2 Å². The fourth-order valence-corrected chi connectivity index (χ4v) is 0.669. The topological polar surface area (TPSA) is 54.9 Å². The van der Waals surface area contributed by atoms with Crippen molar-refractivity contribution in [2.75, 3.05) is 0 Å². The molecule has 56 valence electrons. The fourth-order valence-electron chi connectivity index (χ4n) is 0.669. The molecule has 0 amide bonds. The second-order valence-corrected chi connectivity index (χ2v) is 2.02. The molecule has 0 aliphatic heterocycles. The first-order valence-corrected chi connectivity index (χ1v) is 2.92. The highest BCUT2D eigenvalue weighted by atomic mass is 16.2. The third-order valence-electron chi connectivity index (χ3n) is 1.34. The summed E-state index contributed by atoms with van der Waals surface area (Å²) < 4.78 is 0.926. The lowest BCUT2D eigenvalue weighted by molar-refractivity contribution is 0.772. The first-order chi connectivity index (χ1) is 5.16. The lowest BCUT2D eigenvalue weighted by atomic mass is 10.3. The predicted molar refractivity (Wildman–Crippen MR) is 40.2 cm³/mol. The van der Waals surface area contributed by atoms with Crippen molar-refractivity contribution in [3.63, 3.8) is 0 Å². The maximum Gasteiger partial charge on any atom is 0.328 e. The molecular weight excluding hydrogens is 144 g/mol. The van der Waals surface area contributed by atoms with Gasteiger partial charge in [0.2, 0.25) is 0 Å². The normalized spacial score (nSPS) is 9.09. The standard InChI is InChI=1S/C7H6N2O2/c1-3-5-4-8-7(11)9(2)6(5)10/h1,4H,2H3,(H,8,11). The predicted octanol–water partition coefficient (Wildman–Crippen LogP) is -0.945. The maximum atomic E-state index is 11.0. The third kappa shape index (κ3) is 1.08. The number of nitrogens with one attached hydrogen (secondary N) is 1.